The molecule has 3 amide bonds. The summed E-state index contributed by atoms with van der Waals surface area (Å²) in [5.74, 6) is -0.524. The van der Waals surface area contributed by atoms with Gasteiger partial charge in [-0.3, -0.25) is 24.0 Å². The van der Waals surface area contributed by atoms with Crippen LogP contribution in [0.4, 0.5) is 5.69 Å². The Kier molecular flexibility index (Phi) is 4.56. The molecule has 2 heterocycles. The van der Waals surface area contributed by atoms with Crippen molar-refractivity contribution in [2.24, 2.45) is 0 Å². The molecule has 1 atom stereocenters. The van der Waals surface area contributed by atoms with Crippen molar-refractivity contribution in [1.29, 1.82) is 0 Å². The van der Waals surface area contributed by atoms with Crippen LogP contribution in [0.25, 0.3) is 0 Å². The maximum Gasteiger partial charge on any atom is 0.252 e. The number of aromatic nitrogens is 2. The fourth-order valence-electron chi connectivity index (χ4n) is 2.21. The highest BCUT2D eigenvalue weighted by atomic mass is 16.2. The number of carbonyl (C=O) groups excluding carboxylic acids is 3. The van der Waals surface area contributed by atoms with Crippen LogP contribution in [-0.2, 0) is 20.9 Å². The van der Waals surface area contributed by atoms with Gasteiger partial charge in [0.1, 0.15) is 12.6 Å². The largest absolute Gasteiger partial charge is 0.371 e. The van der Waals surface area contributed by atoms with Gasteiger partial charge in [-0.25, -0.2) is 0 Å². The maximum absolute atomic E-state index is 12.1. The number of nitrogens with zero attached hydrogens (tertiary/aromatic N) is 3. The molecule has 1 aliphatic rings. The summed E-state index contributed by atoms with van der Waals surface area (Å²) in [7, 11) is 1.55. The molecule has 0 spiro atoms. The van der Waals surface area contributed by atoms with Crippen molar-refractivity contribution in [3.63, 3.8) is 0 Å². The lowest BCUT2D eigenvalue weighted by atomic mass is 10.2. The lowest BCUT2D eigenvalue weighted by molar-refractivity contribution is -0.138. The summed E-state index contributed by atoms with van der Waals surface area (Å²) in [6.45, 7) is 2.48. The summed E-state index contributed by atoms with van der Waals surface area (Å²) in [6.07, 6.45) is 4.06. The Morgan fingerprint density at radius 3 is 2.90 bits per heavy atom. The van der Waals surface area contributed by atoms with E-state index < -0.39 is 6.04 Å². The van der Waals surface area contributed by atoms with Crippen LogP contribution in [0.15, 0.2) is 12.4 Å². The van der Waals surface area contributed by atoms with Gasteiger partial charge in [0.2, 0.25) is 11.8 Å². The molecule has 2 N–H and O–H groups in total. The molecule has 0 aliphatic carbocycles. The Hall–Kier alpha value is -2.38. The molecule has 0 saturated carbocycles. The lowest BCUT2D eigenvalue weighted by Gasteiger charge is -2.14. The van der Waals surface area contributed by atoms with E-state index >= 15 is 0 Å². The van der Waals surface area contributed by atoms with Gasteiger partial charge < -0.3 is 10.6 Å². The van der Waals surface area contributed by atoms with Crippen LogP contribution in [0.3, 0.4) is 0 Å². The monoisotopic (exact) mass is 293 g/mol. The van der Waals surface area contributed by atoms with Crippen LogP contribution in [0.2, 0.25) is 0 Å². The van der Waals surface area contributed by atoms with E-state index in [0.29, 0.717) is 12.2 Å². The Morgan fingerprint density at radius 1 is 1.48 bits per heavy atom. The van der Waals surface area contributed by atoms with Crippen LogP contribution >= 0.6 is 0 Å². The normalized spacial score (nSPS) is 18.2. The highest BCUT2D eigenvalue weighted by Crippen LogP contribution is 2.18. The highest BCUT2D eigenvalue weighted by Gasteiger charge is 2.37. The molecule has 21 heavy (non-hydrogen) atoms. The van der Waals surface area contributed by atoms with Crippen LogP contribution in [0.1, 0.15) is 19.8 Å². The molecular weight excluding hydrogens is 274 g/mol. The average Bonchev–Trinajstić information content (AvgIpc) is 2.99. The zero-order valence-electron chi connectivity index (χ0n) is 12.1. The number of nitrogens with one attached hydrogen (secondary N) is 2. The van der Waals surface area contributed by atoms with E-state index in [2.05, 4.69) is 15.7 Å². The van der Waals surface area contributed by atoms with Gasteiger partial charge in [0.25, 0.3) is 5.91 Å². The topological polar surface area (TPSA) is 96.3 Å². The predicted molar refractivity (Wildman–Crippen MR) is 75.3 cm³/mol. The summed E-state index contributed by atoms with van der Waals surface area (Å²) < 4.78 is 1.46. The van der Waals surface area contributed by atoms with Gasteiger partial charge >= 0.3 is 0 Å². The molecular formula is C13H19N5O3. The third-order valence-corrected chi connectivity index (χ3v) is 3.25. The lowest BCUT2D eigenvalue weighted by Crippen LogP contribution is -2.35. The fourth-order valence-corrected chi connectivity index (χ4v) is 2.21. The zero-order valence-corrected chi connectivity index (χ0v) is 12.1. The maximum atomic E-state index is 12.1. The van der Waals surface area contributed by atoms with Gasteiger partial charge in [-0.15, -0.1) is 0 Å². The van der Waals surface area contributed by atoms with Crippen molar-refractivity contribution in [2.45, 2.75) is 32.4 Å². The molecule has 1 aromatic heterocycles. The standard InChI is InChI=1S/C13H19N5O3/c1-3-4-18-12(20)5-10(13(18)21)16-9-6-15-17(7-9)8-11(19)14-2/h6-7,10,16H,3-5,8H2,1-2H3,(H,14,19). The summed E-state index contributed by atoms with van der Waals surface area (Å²) in [6, 6.07) is -0.554. The number of carbonyl (C=O) groups is 3. The molecule has 0 bridgehead atoms. The van der Waals surface area contributed by atoms with Crippen LogP contribution < -0.4 is 10.6 Å². The first-order valence-corrected chi connectivity index (χ1v) is 6.89. The fraction of sp³-hybridized carbons (Fsp3) is 0.538. The van der Waals surface area contributed by atoms with Gasteiger partial charge in [0.05, 0.1) is 18.3 Å². The number of likely N-dealkylation sites (N-methyl/N-ethyl adjacent to an activating group) is 1. The second-order valence-electron chi connectivity index (χ2n) is 4.88. The van der Waals surface area contributed by atoms with Crippen LogP contribution in [0.5, 0.6) is 0 Å². The van der Waals surface area contributed by atoms with Gasteiger partial charge in [-0.2, -0.15) is 5.10 Å². The molecule has 1 unspecified atom stereocenters. The smallest absolute Gasteiger partial charge is 0.252 e. The van der Waals surface area contributed by atoms with Crippen molar-refractivity contribution >= 4 is 23.4 Å². The molecule has 1 aromatic rings. The Bertz CT molecular complexity index is 554. The zero-order chi connectivity index (χ0) is 15.4. The molecule has 0 radical (unpaired) electrons. The minimum absolute atomic E-state index is 0.109. The molecule has 2 rings (SSSR count). The molecule has 8 heteroatoms. The summed E-state index contributed by atoms with van der Waals surface area (Å²) >= 11 is 0. The van der Waals surface area contributed by atoms with E-state index in [0.717, 1.165) is 6.42 Å². The first kappa shape index (κ1) is 15.0. The predicted octanol–water partition coefficient (Wildman–Crippen LogP) is -0.421. The molecule has 0 aromatic carbocycles. The number of anilines is 1. The first-order chi connectivity index (χ1) is 10.0. The number of hydrogen-bond acceptors (Lipinski definition) is 5. The quantitative estimate of drug-likeness (QED) is 0.694. The molecule has 1 saturated heterocycles. The highest BCUT2D eigenvalue weighted by molar-refractivity contribution is 6.06. The summed E-state index contributed by atoms with van der Waals surface area (Å²) in [5.41, 5.74) is 0.614. The average molecular weight is 293 g/mol. The third kappa shape index (κ3) is 3.39. The number of likely N-dealkylation sites (tertiary alicyclic amines) is 1. The first-order valence-electron chi connectivity index (χ1n) is 6.89. The van der Waals surface area contributed by atoms with Crippen LogP contribution in [-0.4, -0.2) is 52.0 Å². The molecule has 1 fully saturated rings. The van der Waals surface area contributed by atoms with Crippen molar-refractivity contribution in [3.05, 3.63) is 12.4 Å². The van der Waals surface area contributed by atoms with Gasteiger partial charge in [0, 0.05) is 19.8 Å². The second kappa shape index (κ2) is 6.38. The van der Waals surface area contributed by atoms with Crippen molar-refractivity contribution in [3.8, 4) is 0 Å². The third-order valence-electron chi connectivity index (χ3n) is 3.25. The SMILES string of the molecule is CCCN1C(=O)CC(Nc2cnn(CC(=O)NC)c2)C1=O. The number of amides is 3. The van der Waals surface area contributed by atoms with Gasteiger partial charge in [0.15, 0.2) is 0 Å². The van der Waals surface area contributed by atoms with E-state index in [1.807, 2.05) is 6.92 Å². The molecule has 1 aliphatic heterocycles. The van der Waals surface area contributed by atoms with E-state index in [1.54, 1.807) is 13.2 Å². The second-order valence-corrected chi connectivity index (χ2v) is 4.88. The number of rotatable bonds is 6. The van der Waals surface area contributed by atoms with Gasteiger partial charge in [-0.05, 0) is 6.42 Å². The van der Waals surface area contributed by atoms with E-state index in [-0.39, 0.29) is 30.7 Å². The van der Waals surface area contributed by atoms with Crippen LogP contribution in [0, 0.1) is 0 Å². The number of imide groups is 1. The minimum atomic E-state index is -0.554. The minimum Gasteiger partial charge on any atom is -0.371 e. The Labute approximate surface area is 122 Å². The Morgan fingerprint density at radius 2 is 2.24 bits per heavy atom. The molecule has 114 valence electrons. The van der Waals surface area contributed by atoms with Gasteiger partial charge in [-0.1, -0.05) is 6.92 Å². The summed E-state index contributed by atoms with van der Waals surface area (Å²) in [5, 5.41) is 9.53. The Balaban J connectivity index is 1.98. The van der Waals surface area contributed by atoms with Crippen molar-refractivity contribution in [2.75, 3.05) is 18.9 Å². The van der Waals surface area contributed by atoms with Crippen molar-refractivity contribution < 1.29 is 14.4 Å². The number of hydrogen-bond donors (Lipinski definition) is 2. The molecule has 8 nitrogen and oxygen atoms in total. The van der Waals surface area contributed by atoms with E-state index in [9.17, 15) is 14.4 Å². The van der Waals surface area contributed by atoms with E-state index in [1.165, 1.54) is 15.8 Å². The van der Waals surface area contributed by atoms with E-state index in [4.69, 9.17) is 0 Å². The van der Waals surface area contributed by atoms with Crippen molar-refractivity contribution in [1.82, 2.24) is 20.0 Å². The summed E-state index contributed by atoms with van der Waals surface area (Å²) in [4.78, 5) is 36.4.